The molecule has 5 nitrogen and oxygen atoms in total. The summed E-state index contributed by atoms with van der Waals surface area (Å²) in [5.41, 5.74) is 3.09. The zero-order chi connectivity index (χ0) is 13.4. The summed E-state index contributed by atoms with van der Waals surface area (Å²) >= 11 is 0. The van der Waals surface area contributed by atoms with Crippen molar-refractivity contribution in [3.8, 4) is 0 Å². The third-order valence-electron chi connectivity index (χ3n) is 3.57. The first-order chi connectivity index (χ1) is 9.26. The maximum Gasteiger partial charge on any atom is 0.324 e. The molecule has 0 saturated carbocycles. The zero-order valence-electron chi connectivity index (χ0n) is 11.0. The predicted octanol–water partition coefficient (Wildman–Crippen LogP) is 1.56. The highest BCUT2D eigenvalue weighted by atomic mass is 16.5. The molecule has 19 heavy (non-hydrogen) atoms. The molecule has 2 amide bonds. The fraction of sp³-hybridized carbons (Fsp3) is 0.357. The first kappa shape index (κ1) is 12.0. The fourth-order valence-corrected chi connectivity index (χ4v) is 2.68. The van der Waals surface area contributed by atoms with Crippen LogP contribution in [0.15, 0.2) is 30.0 Å². The van der Waals surface area contributed by atoms with Crippen LogP contribution in [0.4, 0.5) is 4.79 Å². The summed E-state index contributed by atoms with van der Waals surface area (Å²) in [4.78, 5) is 13.8. The molecule has 1 aromatic carbocycles. The van der Waals surface area contributed by atoms with Gasteiger partial charge in [0.1, 0.15) is 0 Å². The monoisotopic (exact) mass is 260 g/mol. The van der Waals surface area contributed by atoms with Gasteiger partial charge >= 0.3 is 6.03 Å². The van der Waals surface area contributed by atoms with Gasteiger partial charge < -0.3 is 14.8 Å². The first-order valence-electron chi connectivity index (χ1n) is 6.23. The van der Waals surface area contributed by atoms with Crippen molar-refractivity contribution in [1.29, 1.82) is 0 Å². The highest BCUT2D eigenvalue weighted by molar-refractivity contribution is 5.90. The Morgan fingerprint density at radius 3 is 2.84 bits per heavy atom. The maximum atomic E-state index is 12.1. The highest BCUT2D eigenvalue weighted by Crippen LogP contribution is 2.35. The summed E-state index contributed by atoms with van der Waals surface area (Å²) in [7, 11) is 3.15. The van der Waals surface area contributed by atoms with Gasteiger partial charge in [0, 0.05) is 19.2 Å². The molecule has 0 spiro atoms. The lowest BCUT2D eigenvalue weighted by Gasteiger charge is -2.38. The maximum absolute atomic E-state index is 12.1. The number of carbonyl (C=O) groups excluding carboxylic acids is 1. The van der Waals surface area contributed by atoms with Crippen molar-refractivity contribution in [2.24, 2.45) is 0 Å². The van der Waals surface area contributed by atoms with E-state index in [9.17, 15) is 4.79 Å². The third kappa shape index (κ3) is 1.77. The molecule has 0 aliphatic carbocycles. The minimum atomic E-state index is -0.532. The van der Waals surface area contributed by atoms with Gasteiger partial charge in [-0.3, -0.25) is 4.90 Å². The molecule has 1 aromatic rings. The summed E-state index contributed by atoms with van der Waals surface area (Å²) in [5.74, 6) is 0.647. The number of ether oxygens (including phenoxy) is 2. The minimum Gasteiger partial charge on any atom is -0.494 e. The van der Waals surface area contributed by atoms with E-state index in [2.05, 4.69) is 11.4 Å². The van der Waals surface area contributed by atoms with Gasteiger partial charge in [0.05, 0.1) is 12.8 Å². The molecular weight excluding hydrogens is 244 g/mol. The Balaban J connectivity index is 2.21. The number of nitrogens with zero attached hydrogens (tertiary/aromatic N) is 1. The molecule has 0 fully saturated rings. The van der Waals surface area contributed by atoms with Crippen LogP contribution in [0.5, 0.6) is 0 Å². The first-order valence-corrected chi connectivity index (χ1v) is 6.23. The number of rotatable bonds is 2. The van der Waals surface area contributed by atoms with Gasteiger partial charge in [0.2, 0.25) is 0 Å². The second kappa shape index (κ2) is 4.59. The van der Waals surface area contributed by atoms with E-state index in [4.69, 9.17) is 9.47 Å². The Kier molecular flexibility index (Phi) is 2.91. The van der Waals surface area contributed by atoms with Crippen LogP contribution in [0.3, 0.4) is 0 Å². The number of urea groups is 1. The second-order valence-electron chi connectivity index (χ2n) is 4.54. The van der Waals surface area contributed by atoms with Crippen molar-refractivity contribution in [3.05, 3.63) is 41.2 Å². The molecule has 2 aliphatic rings. The number of carbonyl (C=O) groups is 1. The van der Waals surface area contributed by atoms with E-state index in [0.29, 0.717) is 12.3 Å². The van der Waals surface area contributed by atoms with E-state index in [1.165, 1.54) is 5.56 Å². The molecule has 2 aliphatic heterocycles. The van der Waals surface area contributed by atoms with E-state index in [1.807, 2.05) is 18.2 Å². The topological polar surface area (TPSA) is 50.8 Å². The molecule has 3 rings (SSSR count). The lowest BCUT2D eigenvalue weighted by atomic mass is 9.95. The molecule has 0 bridgehead atoms. The van der Waals surface area contributed by atoms with Crippen molar-refractivity contribution < 1.29 is 14.3 Å². The summed E-state index contributed by atoms with van der Waals surface area (Å²) in [6.07, 6.45) is 0.316. The van der Waals surface area contributed by atoms with Crippen molar-refractivity contribution in [2.75, 3.05) is 20.8 Å². The normalized spacial score (nSPS) is 21.7. The lowest BCUT2D eigenvalue weighted by molar-refractivity contribution is 0.0502. The lowest BCUT2D eigenvalue weighted by Crippen LogP contribution is -2.52. The van der Waals surface area contributed by atoms with Gasteiger partial charge in [0.15, 0.2) is 12.0 Å². The van der Waals surface area contributed by atoms with E-state index in [-0.39, 0.29) is 6.03 Å². The van der Waals surface area contributed by atoms with Gasteiger partial charge in [-0.1, -0.05) is 24.3 Å². The highest BCUT2D eigenvalue weighted by Gasteiger charge is 2.37. The molecule has 0 saturated heterocycles. The Bertz CT molecular complexity index is 553. The molecule has 100 valence electrons. The van der Waals surface area contributed by atoms with Gasteiger partial charge in [0.25, 0.3) is 0 Å². The van der Waals surface area contributed by atoms with Crippen molar-refractivity contribution in [3.63, 3.8) is 0 Å². The summed E-state index contributed by atoms with van der Waals surface area (Å²) in [5, 5.41) is 2.78. The Morgan fingerprint density at radius 1 is 1.32 bits per heavy atom. The molecule has 5 heteroatoms. The van der Waals surface area contributed by atoms with Crippen LogP contribution in [0, 0.1) is 0 Å². The number of fused-ring (bicyclic) bond motifs is 3. The van der Waals surface area contributed by atoms with E-state index >= 15 is 0 Å². The zero-order valence-corrected chi connectivity index (χ0v) is 11.0. The Hall–Kier alpha value is -2.01. The van der Waals surface area contributed by atoms with E-state index < -0.39 is 6.23 Å². The average molecular weight is 260 g/mol. The number of amides is 2. The largest absolute Gasteiger partial charge is 0.494 e. The number of nitrogens with one attached hydrogen (secondary N) is 1. The van der Waals surface area contributed by atoms with E-state index in [1.54, 1.807) is 19.1 Å². The molecule has 2 heterocycles. The van der Waals surface area contributed by atoms with Crippen LogP contribution in [-0.2, 0) is 15.9 Å². The summed E-state index contributed by atoms with van der Waals surface area (Å²) < 4.78 is 10.8. The predicted molar refractivity (Wildman–Crippen MR) is 70.1 cm³/mol. The van der Waals surface area contributed by atoms with Gasteiger partial charge in [-0.2, -0.15) is 0 Å². The molecule has 0 aromatic heterocycles. The van der Waals surface area contributed by atoms with Crippen LogP contribution in [-0.4, -0.2) is 37.9 Å². The summed E-state index contributed by atoms with van der Waals surface area (Å²) in [6.45, 7) is 0.654. The molecule has 1 unspecified atom stereocenters. The summed E-state index contributed by atoms with van der Waals surface area (Å²) in [6, 6.07) is 7.94. The fourth-order valence-electron chi connectivity index (χ4n) is 2.68. The molecule has 0 radical (unpaired) electrons. The van der Waals surface area contributed by atoms with Crippen LogP contribution >= 0.6 is 0 Å². The van der Waals surface area contributed by atoms with E-state index in [0.717, 1.165) is 17.7 Å². The Labute approximate surface area is 111 Å². The molecular formula is C14H16N2O3. The average Bonchev–Trinajstić information content (AvgIpc) is 2.46. The van der Waals surface area contributed by atoms with Crippen LogP contribution in [0.1, 0.15) is 11.1 Å². The Morgan fingerprint density at radius 2 is 2.11 bits per heavy atom. The standard InChI is InChI=1S/C14H16N2O3/c1-18-12-11-10-6-4-3-5-9(10)7-8-16(11)14(17)15-13(12)19-2/h3-6,13H,7-8H2,1-2H3,(H,15,17). The quantitative estimate of drug-likeness (QED) is 0.878. The number of benzene rings is 1. The number of methoxy groups -OCH3 is 2. The van der Waals surface area contributed by atoms with Crippen LogP contribution in [0.2, 0.25) is 0 Å². The molecule has 1 atom stereocenters. The van der Waals surface area contributed by atoms with Crippen molar-refractivity contribution in [2.45, 2.75) is 12.6 Å². The SMILES string of the molecule is COC1=C2c3ccccc3CCN2C(=O)NC1OC. The molecule has 1 N–H and O–H groups in total. The van der Waals surface area contributed by atoms with Crippen molar-refractivity contribution in [1.82, 2.24) is 10.2 Å². The van der Waals surface area contributed by atoms with Crippen LogP contribution in [0.25, 0.3) is 5.70 Å². The van der Waals surface area contributed by atoms with Crippen LogP contribution < -0.4 is 5.32 Å². The van der Waals surface area contributed by atoms with Gasteiger partial charge in [-0.25, -0.2) is 4.79 Å². The minimum absolute atomic E-state index is 0.142. The number of hydrogen-bond donors (Lipinski definition) is 1. The number of hydrogen-bond acceptors (Lipinski definition) is 3. The van der Waals surface area contributed by atoms with Gasteiger partial charge in [-0.05, 0) is 12.0 Å². The second-order valence-corrected chi connectivity index (χ2v) is 4.54. The smallest absolute Gasteiger partial charge is 0.324 e. The van der Waals surface area contributed by atoms with Gasteiger partial charge in [-0.15, -0.1) is 0 Å². The van der Waals surface area contributed by atoms with Crippen molar-refractivity contribution >= 4 is 11.7 Å². The third-order valence-corrected chi connectivity index (χ3v) is 3.57.